The van der Waals surface area contributed by atoms with Crippen LogP contribution >= 0.6 is 11.6 Å². The molecular weight excluding hydrogens is 378 g/mol. The van der Waals surface area contributed by atoms with Crippen LogP contribution in [0, 0.1) is 6.92 Å². The molecule has 0 aliphatic carbocycles. The first-order chi connectivity index (χ1) is 13.6. The number of urea groups is 1. The predicted molar refractivity (Wildman–Crippen MR) is 109 cm³/mol. The Balaban J connectivity index is 1.80. The zero-order valence-corrected chi connectivity index (χ0v) is 16.5. The van der Waals surface area contributed by atoms with Crippen molar-refractivity contribution in [2.45, 2.75) is 26.3 Å². The molecule has 0 saturated carbocycles. The van der Waals surface area contributed by atoms with Crippen molar-refractivity contribution in [2.75, 3.05) is 11.9 Å². The van der Waals surface area contributed by atoms with E-state index in [9.17, 15) is 4.79 Å². The summed E-state index contributed by atoms with van der Waals surface area (Å²) in [7, 11) is 0. The van der Waals surface area contributed by atoms with Gasteiger partial charge in [0.05, 0.1) is 12.3 Å². The van der Waals surface area contributed by atoms with Crippen molar-refractivity contribution in [2.24, 2.45) is 0 Å². The van der Waals surface area contributed by atoms with E-state index in [-0.39, 0.29) is 0 Å². The van der Waals surface area contributed by atoms with Crippen LogP contribution in [-0.4, -0.2) is 27.8 Å². The number of anilines is 1. The molecule has 0 bridgehead atoms. The predicted octanol–water partition coefficient (Wildman–Crippen LogP) is 4.47. The molecule has 3 rings (SSSR count). The van der Waals surface area contributed by atoms with E-state index in [1.807, 2.05) is 44.2 Å². The molecule has 1 heterocycles. The standard InChI is InChI=1S/C20H22ClN5O2/c1-3-11-28-17-10-9-15(21)12-16(17)23-20(27)24-18(14-7-5-4-6-8-14)19-22-13(2)25-26-19/h4-10,12,18H,3,11H2,1-2H3,(H,22,25,26)(H2,23,24,27). The van der Waals surface area contributed by atoms with E-state index in [1.165, 1.54) is 0 Å². The van der Waals surface area contributed by atoms with Crippen LogP contribution in [0.1, 0.15) is 36.6 Å². The van der Waals surface area contributed by atoms with Crippen LogP contribution in [0.25, 0.3) is 0 Å². The van der Waals surface area contributed by atoms with Crippen LogP contribution in [0.3, 0.4) is 0 Å². The maximum absolute atomic E-state index is 12.7. The zero-order valence-electron chi connectivity index (χ0n) is 15.7. The lowest BCUT2D eigenvalue weighted by Crippen LogP contribution is -2.34. The first-order valence-electron chi connectivity index (χ1n) is 9.00. The normalized spacial score (nSPS) is 11.7. The summed E-state index contributed by atoms with van der Waals surface area (Å²) >= 11 is 6.08. The molecule has 1 unspecified atom stereocenters. The molecule has 7 nitrogen and oxygen atoms in total. The van der Waals surface area contributed by atoms with Crippen molar-refractivity contribution in [3.05, 3.63) is 70.8 Å². The van der Waals surface area contributed by atoms with E-state index in [0.717, 1.165) is 12.0 Å². The maximum atomic E-state index is 12.7. The Kier molecular flexibility index (Phi) is 6.49. The molecule has 0 radical (unpaired) electrons. The van der Waals surface area contributed by atoms with E-state index < -0.39 is 12.1 Å². The fraction of sp³-hybridized carbons (Fsp3) is 0.250. The number of aromatic amines is 1. The molecule has 146 valence electrons. The van der Waals surface area contributed by atoms with Gasteiger partial charge in [-0.25, -0.2) is 9.78 Å². The van der Waals surface area contributed by atoms with Gasteiger partial charge in [0.1, 0.15) is 17.6 Å². The molecule has 3 aromatic rings. The van der Waals surface area contributed by atoms with Gasteiger partial charge in [-0.15, -0.1) is 0 Å². The molecule has 1 atom stereocenters. The molecule has 1 aromatic heterocycles. The Morgan fingerprint density at radius 2 is 2.04 bits per heavy atom. The zero-order chi connectivity index (χ0) is 19.9. The van der Waals surface area contributed by atoms with E-state index in [1.54, 1.807) is 18.2 Å². The summed E-state index contributed by atoms with van der Waals surface area (Å²) in [5.74, 6) is 1.71. The molecule has 8 heteroatoms. The Morgan fingerprint density at radius 3 is 2.71 bits per heavy atom. The van der Waals surface area contributed by atoms with E-state index >= 15 is 0 Å². The summed E-state index contributed by atoms with van der Waals surface area (Å²) in [6.45, 7) is 4.36. The van der Waals surface area contributed by atoms with Gasteiger partial charge < -0.3 is 15.4 Å². The maximum Gasteiger partial charge on any atom is 0.320 e. The van der Waals surface area contributed by atoms with Gasteiger partial charge >= 0.3 is 6.03 Å². The Bertz CT molecular complexity index is 929. The van der Waals surface area contributed by atoms with Crippen LogP contribution in [-0.2, 0) is 0 Å². The minimum Gasteiger partial charge on any atom is -0.491 e. The Morgan fingerprint density at radius 1 is 1.25 bits per heavy atom. The van der Waals surface area contributed by atoms with Crippen molar-refractivity contribution < 1.29 is 9.53 Å². The lowest BCUT2D eigenvalue weighted by Gasteiger charge is -2.18. The lowest BCUT2D eigenvalue weighted by molar-refractivity contribution is 0.249. The smallest absolute Gasteiger partial charge is 0.320 e. The molecule has 0 fully saturated rings. The number of aryl methyl sites for hydroxylation is 1. The van der Waals surface area contributed by atoms with Crippen LogP contribution in [0.4, 0.5) is 10.5 Å². The molecule has 0 aliphatic heterocycles. The van der Waals surface area contributed by atoms with Crippen molar-refractivity contribution in [1.82, 2.24) is 20.5 Å². The van der Waals surface area contributed by atoms with Crippen molar-refractivity contribution >= 4 is 23.3 Å². The average Bonchev–Trinajstić information content (AvgIpc) is 3.12. The van der Waals surface area contributed by atoms with Gasteiger partial charge in [-0.1, -0.05) is 48.9 Å². The molecule has 0 spiro atoms. The first-order valence-corrected chi connectivity index (χ1v) is 9.38. The number of H-pyrrole nitrogens is 1. The SMILES string of the molecule is CCCOc1ccc(Cl)cc1NC(=O)NC(c1ccccc1)c1n[nH]c(C)n1. The Labute approximate surface area is 168 Å². The fourth-order valence-electron chi connectivity index (χ4n) is 2.66. The number of aromatic nitrogens is 3. The van der Waals surface area contributed by atoms with Crippen LogP contribution in [0.15, 0.2) is 48.5 Å². The molecule has 0 saturated heterocycles. The van der Waals surface area contributed by atoms with Crippen LogP contribution in [0.2, 0.25) is 5.02 Å². The monoisotopic (exact) mass is 399 g/mol. The van der Waals surface area contributed by atoms with Gasteiger partial charge in [0, 0.05) is 5.02 Å². The van der Waals surface area contributed by atoms with E-state index in [4.69, 9.17) is 16.3 Å². The number of nitrogens with zero attached hydrogens (tertiary/aromatic N) is 2. The number of amides is 2. The number of hydrogen-bond donors (Lipinski definition) is 3. The third-order valence-electron chi connectivity index (χ3n) is 3.93. The highest BCUT2D eigenvalue weighted by Crippen LogP contribution is 2.28. The molecule has 3 N–H and O–H groups in total. The summed E-state index contributed by atoms with van der Waals surface area (Å²) in [5, 5.41) is 13.2. The number of carbonyl (C=O) groups excluding carboxylic acids is 1. The van der Waals surface area contributed by atoms with E-state index in [2.05, 4.69) is 25.8 Å². The third kappa shape index (κ3) is 5.01. The average molecular weight is 400 g/mol. The minimum absolute atomic E-state index is 0.417. The third-order valence-corrected chi connectivity index (χ3v) is 4.17. The quantitative estimate of drug-likeness (QED) is 0.546. The number of hydrogen-bond acceptors (Lipinski definition) is 4. The fourth-order valence-corrected chi connectivity index (χ4v) is 2.83. The largest absolute Gasteiger partial charge is 0.491 e. The minimum atomic E-state index is -0.509. The molecular formula is C20H22ClN5O2. The summed E-state index contributed by atoms with van der Waals surface area (Å²) in [4.78, 5) is 17.1. The van der Waals surface area contributed by atoms with Gasteiger partial charge in [0.2, 0.25) is 0 Å². The van der Waals surface area contributed by atoms with E-state index in [0.29, 0.717) is 34.7 Å². The summed E-state index contributed by atoms with van der Waals surface area (Å²) < 4.78 is 5.69. The summed E-state index contributed by atoms with van der Waals surface area (Å²) in [5.41, 5.74) is 1.36. The highest BCUT2D eigenvalue weighted by molar-refractivity contribution is 6.31. The van der Waals surface area contributed by atoms with Gasteiger partial charge in [0.25, 0.3) is 0 Å². The topological polar surface area (TPSA) is 91.9 Å². The van der Waals surface area contributed by atoms with Gasteiger partial charge in [-0.2, -0.15) is 5.10 Å². The van der Waals surface area contributed by atoms with Gasteiger partial charge in [-0.3, -0.25) is 5.10 Å². The number of benzene rings is 2. The second-order valence-corrected chi connectivity index (χ2v) is 6.65. The number of rotatable bonds is 7. The Hall–Kier alpha value is -3.06. The molecule has 0 aliphatic rings. The number of ether oxygens (including phenoxy) is 1. The van der Waals surface area contributed by atoms with Crippen molar-refractivity contribution in [1.29, 1.82) is 0 Å². The second kappa shape index (κ2) is 9.23. The summed E-state index contributed by atoms with van der Waals surface area (Å²) in [6.07, 6.45) is 0.856. The van der Waals surface area contributed by atoms with Crippen molar-refractivity contribution in [3.8, 4) is 5.75 Å². The number of halogens is 1. The highest BCUT2D eigenvalue weighted by Gasteiger charge is 2.21. The molecule has 28 heavy (non-hydrogen) atoms. The molecule has 2 aromatic carbocycles. The summed E-state index contributed by atoms with van der Waals surface area (Å²) in [6, 6.07) is 13.7. The first kappa shape index (κ1) is 19.7. The van der Waals surface area contributed by atoms with Crippen molar-refractivity contribution in [3.63, 3.8) is 0 Å². The molecule has 2 amide bonds. The second-order valence-electron chi connectivity index (χ2n) is 6.21. The van der Waals surface area contributed by atoms with Crippen LogP contribution < -0.4 is 15.4 Å². The van der Waals surface area contributed by atoms with Crippen LogP contribution in [0.5, 0.6) is 5.75 Å². The van der Waals surface area contributed by atoms with Gasteiger partial charge in [0.15, 0.2) is 5.82 Å². The number of nitrogens with one attached hydrogen (secondary N) is 3. The lowest BCUT2D eigenvalue weighted by atomic mass is 10.1. The van der Waals surface area contributed by atoms with Gasteiger partial charge in [-0.05, 0) is 37.1 Å². The number of carbonyl (C=O) groups is 1. The highest BCUT2D eigenvalue weighted by atomic mass is 35.5.